The smallest absolute Gasteiger partial charge is 0.173 e. The van der Waals surface area contributed by atoms with Crippen molar-refractivity contribution in [3.63, 3.8) is 0 Å². The monoisotopic (exact) mass is 226 g/mol. The first-order chi connectivity index (χ1) is 7.07. The normalized spacial score (nSPS) is 22.8. The van der Waals surface area contributed by atoms with Crippen LogP contribution in [0, 0.1) is 0 Å². The van der Waals surface area contributed by atoms with Gasteiger partial charge in [-0.05, 0) is 6.08 Å². The zero-order valence-electron chi connectivity index (χ0n) is 7.79. The standard InChI is InChI=1S/C8H10N4O2S/c9-7-3-10-5-11-8(7)12-6-1-2-15(13,14)4-6/h1-3,5-6H,4,9H2,(H,10,11,12). The number of nitrogen functional groups attached to an aromatic ring is 1. The fourth-order valence-corrected chi connectivity index (χ4v) is 2.54. The molecular formula is C8H10N4O2S. The number of sulfone groups is 1. The molecular weight excluding hydrogens is 216 g/mol. The average Bonchev–Trinajstić information content (AvgIpc) is 2.50. The third-order valence-corrected chi connectivity index (χ3v) is 3.39. The summed E-state index contributed by atoms with van der Waals surface area (Å²) < 4.78 is 22.3. The Morgan fingerprint density at radius 2 is 2.33 bits per heavy atom. The highest BCUT2D eigenvalue weighted by Crippen LogP contribution is 2.17. The summed E-state index contributed by atoms with van der Waals surface area (Å²) >= 11 is 0. The van der Waals surface area contributed by atoms with Crippen LogP contribution in [-0.2, 0) is 9.84 Å². The van der Waals surface area contributed by atoms with Gasteiger partial charge in [-0.2, -0.15) is 0 Å². The summed E-state index contributed by atoms with van der Waals surface area (Å²) in [7, 11) is -3.06. The molecule has 1 aromatic rings. The Morgan fingerprint density at radius 3 is 2.93 bits per heavy atom. The molecule has 0 fully saturated rings. The highest BCUT2D eigenvalue weighted by Gasteiger charge is 2.22. The molecule has 0 bridgehead atoms. The maximum absolute atomic E-state index is 11.1. The maximum atomic E-state index is 11.1. The quantitative estimate of drug-likeness (QED) is 0.723. The van der Waals surface area contributed by atoms with Crippen molar-refractivity contribution < 1.29 is 8.42 Å². The summed E-state index contributed by atoms with van der Waals surface area (Å²) in [5, 5.41) is 4.12. The highest BCUT2D eigenvalue weighted by molar-refractivity contribution is 7.94. The number of hydrogen-bond acceptors (Lipinski definition) is 6. The average molecular weight is 226 g/mol. The van der Waals surface area contributed by atoms with E-state index in [9.17, 15) is 8.42 Å². The van der Waals surface area contributed by atoms with Crippen LogP contribution in [0.4, 0.5) is 11.5 Å². The molecule has 6 nitrogen and oxygen atoms in total. The zero-order valence-corrected chi connectivity index (χ0v) is 8.61. The summed E-state index contributed by atoms with van der Waals surface area (Å²) in [6.07, 6.45) is 4.39. The van der Waals surface area contributed by atoms with Gasteiger partial charge in [0.2, 0.25) is 0 Å². The van der Waals surface area contributed by atoms with Crippen LogP contribution in [0.5, 0.6) is 0 Å². The van der Waals surface area contributed by atoms with Crippen molar-refractivity contribution in [3.8, 4) is 0 Å². The van der Waals surface area contributed by atoms with Crippen LogP contribution in [-0.4, -0.2) is 30.2 Å². The van der Waals surface area contributed by atoms with E-state index in [1.165, 1.54) is 17.9 Å². The van der Waals surface area contributed by atoms with E-state index in [1.807, 2.05) is 0 Å². The molecule has 2 rings (SSSR count). The van der Waals surface area contributed by atoms with E-state index in [2.05, 4.69) is 15.3 Å². The lowest BCUT2D eigenvalue weighted by molar-refractivity contribution is 0.605. The number of nitrogens with two attached hydrogens (primary N) is 1. The van der Waals surface area contributed by atoms with Gasteiger partial charge < -0.3 is 11.1 Å². The molecule has 0 radical (unpaired) electrons. The molecule has 0 saturated carbocycles. The fraction of sp³-hybridized carbons (Fsp3) is 0.250. The largest absolute Gasteiger partial charge is 0.394 e. The Hall–Kier alpha value is -1.63. The van der Waals surface area contributed by atoms with Crippen molar-refractivity contribution in [2.75, 3.05) is 16.8 Å². The summed E-state index contributed by atoms with van der Waals surface area (Å²) in [6, 6.07) is -0.271. The number of nitrogens with one attached hydrogen (secondary N) is 1. The molecule has 0 amide bonds. The second-order valence-corrected chi connectivity index (χ2v) is 5.17. The van der Waals surface area contributed by atoms with Gasteiger partial charge in [0.1, 0.15) is 6.33 Å². The molecule has 1 atom stereocenters. The molecule has 1 aromatic heterocycles. The van der Waals surface area contributed by atoms with E-state index in [0.29, 0.717) is 11.5 Å². The molecule has 0 spiro atoms. The Morgan fingerprint density at radius 1 is 1.53 bits per heavy atom. The number of rotatable bonds is 2. The Labute approximate surface area is 87.2 Å². The molecule has 0 aromatic carbocycles. The van der Waals surface area contributed by atoms with Crippen LogP contribution < -0.4 is 11.1 Å². The first-order valence-electron chi connectivity index (χ1n) is 4.30. The predicted molar refractivity (Wildman–Crippen MR) is 56.8 cm³/mol. The molecule has 1 unspecified atom stereocenters. The van der Waals surface area contributed by atoms with E-state index < -0.39 is 9.84 Å². The van der Waals surface area contributed by atoms with Crippen LogP contribution in [0.3, 0.4) is 0 Å². The summed E-state index contributed by atoms with van der Waals surface area (Å²) in [5.74, 6) is 0.493. The molecule has 2 heterocycles. The second kappa shape index (κ2) is 3.50. The minimum Gasteiger partial charge on any atom is -0.394 e. The lowest BCUT2D eigenvalue weighted by Crippen LogP contribution is -2.22. The Kier molecular flexibility index (Phi) is 2.31. The predicted octanol–water partition coefficient (Wildman–Crippen LogP) is -0.219. The van der Waals surface area contributed by atoms with Crippen molar-refractivity contribution >= 4 is 21.3 Å². The molecule has 3 N–H and O–H groups in total. The fourth-order valence-electron chi connectivity index (χ4n) is 1.30. The SMILES string of the molecule is Nc1cncnc1NC1C=CS(=O)(=O)C1. The molecule has 1 aliphatic heterocycles. The van der Waals surface area contributed by atoms with E-state index in [-0.39, 0.29) is 11.8 Å². The first-order valence-corrected chi connectivity index (χ1v) is 6.01. The molecule has 0 aliphatic carbocycles. The number of nitrogens with zero attached hydrogens (tertiary/aromatic N) is 2. The van der Waals surface area contributed by atoms with Crippen LogP contribution in [0.2, 0.25) is 0 Å². The van der Waals surface area contributed by atoms with E-state index in [0.717, 1.165) is 0 Å². The summed E-state index contributed by atoms with van der Waals surface area (Å²) in [5.41, 5.74) is 6.00. The van der Waals surface area contributed by atoms with Crippen LogP contribution in [0.1, 0.15) is 0 Å². The van der Waals surface area contributed by atoms with E-state index in [1.54, 1.807) is 6.08 Å². The van der Waals surface area contributed by atoms with Crippen LogP contribution in [0.15, 0.2) is 24.0 Å². The summed E-state index contributed by atoms with van der Waals surface area (Å²) in [6.45, 7) is 0. The lowest BCUT2D eigenvalue weighted by atomic mass is 10.3. The Balaban J connectivity index is 2.12. The molecule has 7 heteroatoms. The molecule has 80 valence electrons. The van der Waals surface area contributed by atoms with Crippen molar-refractivity contribution in [2.24, 2.45) is 0 Å². The molecule has 15 heavy (non-hydrogen) atoms. The number of anilines is 2. The van der Waals surface area contributed by atoms with E-state index >= 15 is 0 Å². The number of aromatic nitrogens is 2. The van der Waals surface area contributed by atoms with Gasteiger partial charge in [-0.25, -0.2) is 18.4 Å². The topological polar surface area (TPSA) is 98.0 Å². The first kappa shape index (κ1) is 9.91. The maximum Gasteiger partial charge on any atom is 0.173 e. The van der Waals surface area contributed by atoms with Gasteiger partial charge >= 0.3 is 0 Å². The minimum atomic E-state index is -3.06. The molecule has 0 saturated heterocycles. The highest BCUT2D eigenvalue weighted by atomic mass is 32.2. The molecule has 1 aliphatic rings. The van der Waals surface area contributed by atoms with Gasteiger partial charge in [0.15, 0.2) is 15.7 Å². The third kappa shape index (κ3) is 2.24. The Bertz CT molecular complexity index is 497. The van der Waals surface area contributed by atoms with Crippen LogP contribution in [0.25, 0.3) is 0 Å². The van der Waals surface area contributed by atoms with Crippen molar-refractivity contribution in [3.05, 3.63) is 24.0 Å². The van der Waals surface area contributed by atoms with Crippen molar-refractivity contribution in [1.29, 1.82) is 0 Å². The third-order valence-electron chi connectivity index (χ3n) is 1.99. The summed E-state index contributed by atoms with van der Waals surface area (Å²) in [4.78, 5) is 7.65. The number of hydrogen-bond donors (Lipinski definition) is 2. The van der Waals surface area contributed by atoms with E-state index in [4.69, 9.17) is 5.73 Å². The van der Waals surface area contributed by atoms with Crippen LogP contribution >= 0.6 is 0 Å². The lowest BCUT2D eigenvalue weighted by Gasteiger charge is -2.11. The van der Waals surface area contributed by atoms with Gasteiger partial charge in [-0.15, -0.1) is 0 Å². The van der Waals surface area contributed by atoms with Gasteiger partial charge in [0, 0.05) is 5.41 Å². The van der Waals surface area contributed by atoms with Crippen molar-refractivity contribution in [1.82, 2.24) is 9.97 Å². The second-order valence-electron chi connectivity index (χ2n) is 3.24. The van der Waals surface area contributed by atoms with Crippen molar-refractivity contribution in [2.45, 2.75) is 6.04 Å². The van der Waals surface area contributed by atoms with Gasteiger partial charge in [-0.3, -0.25) is 0 Å². The van der Waals surface area contributed by atoms with Gasteiger partial charge in [0.25, 0.3) is 0 Å². The minimum absolute atomic E-state index is 0.0381. The van der Waals surface area contributed by atoms with Gasteiger partial charge in [-0.1, -0.05) is 0 Å². The zero-order chi connectivity index (χ0) is 10.9. The van der Waals surface area contributed by atoms with Gasteiger partial charge in [0.05, 0.1) is 23.7 Å².